The molecule has 5 nitrogen and oxygen atoms in total. The Morgan fingerprint density at radius 3 is 2.82 bits per heavy atom. The SMILES string of the molecule is COCNC(=O)C1CC(=O)N(c2cccc(C(F)(F)F)c2)C1. The number of carbonyl (C=O) groups is 2. The lowest BCUT2D eigenvalue weighted by atomic mass is 10.1. The normalized spacial score (nSPS) is 18.6. The van der Waals surface area contributed by atoms with Crippen molar-refractivity contribution < 1.29 is 27.5 Å². The highest BCUT2D eigenvalue weighted by Crippen LogP contribution is 2.33. The topological polar surface area (TPSA) is 58.6 Å². The third-order valence-corrected chi connectivity index (χ3v) is 3.37. The highest BCUT2D eigenvalue weighted by molar-refractivity contribution is 6.00. The minimum atomic E-state index is -4.48. The molecule has 0 radical (unpaired) electrons. The zero-order valence-corrected chi connectivity index (χ0v) is 11.8. The number of hydrogen-bond donors (Lipinski definition) is 1. The molecule has 1 aromatic carbocycles. The van der Waals surface area contributed by atoms with Gasteiger partial charge in [-0.1, -0.05) is 6.07 Å². The molecule has 8 heteroatoms. The second kappa shape index (κ2) is 6.35. The fraction of sp³-hybridized carbons (Fsp3) is 0.429. The van der Waals surface area contributed by atoms with E-state index in [9.17, 15) is 22.8 Å². The lowest BCUT2D eigenvalue weighted by Crippen LogP contribution is -2.34. The van der Waals surface area contributed by atoms with Gasteiger partial charge in [0.05, 0.1) is 11.5 Å². The first kappa shape index (κ1) is 16.3. The van der Waals surface area contributed by atoms with Crippen molar-refractivity contribution in [2.24, 2.45) is 5.92 Å². The number of amides is 2. The van der Waals surface area contributed by atoms with Crippen LogP contribution in [0, 0.1) is 5.92 Å². The van der Waals surface area contributed by atoms with E-state index in [1.54, 1.807) is 0 Å². The Morgan fingerprint density at radius 1 is 1.45 bits per heavy atom. The second-order valence-corrected chi connectivity index (χ2v) is 4.93. The van der Waals surface area contributed by atoms with E-state index >= 15 is 0 Å². The first-order valence-corrected chi connectivity index (χ1v) is 6.57. The number of nitrogens with one attached hydrogen (secondary N) is 1. The van der Waals surface area contributed by atoms with E-state index in [1.807, 2.05) is 0 Å². The molecule has 1 heterocycles. The Balaban J connectivity index is 2.13. The number of rotatable bonds is 4. The van der Waals surface area contributed by atoms with Crippen LogP contribution >= 0.6 is 0 Å². The minimum absolute atomic E-state index is 0.0209. The van der Waals surface area contributed by atoms with Gasteiger partial charge in [-0.3, -0.25) is 9.59 Å². The minimum Gasteiger partial charge on any atom is -0.364 e. The number of ether oxygens (including phenoxy) is 1. The maximum Gasteiger partial charge on any atom is 0.416 e. The average Bonchev–Trinajstić information content (AvgIpc) is 2.86. The number of benzene rings is 1. The van der Waals surface area contributed by atoms with Crippen molar-refractivity contribution in [2.45, 2.75) is 12.6 Å². The summed E-state index contributed by atoms with van der Waals surface area (Å²) < 4.78 is 42.9. The molecule has 0 bridgehead atoms. The maximum atomic E-state index is 12.7. The molecule has 0 spiro atoms. The standard InChI is InChI=1S/C14H15F3N2O3/c1-22-8-18-13(21)9-5-12(20)19(7-9)11-4-2-3-10(6-11)14(15,16)17/h2-4,6,9H,5,7-8H2,1H3,(H,18,21). The van der Waals surface area contributed by atoms with Crippen LogP contribution < -0.4 is 10.2 Å². The molecule has 1 atom stereocenters. The quantitative estimate of drug-likeness (QED) is 0.862. The van der Waals surface area contributed by atoms with Gasteiger partial charge in [0.25, 0.3) is 0 Å². The third kappa shape index (κ3) is 3.56. The van der Waals surface area contributed by atoms with Crippen molar-refractivity contribution in [2.75, 3.05) is 25.3 Å². The van der Waals surface area contributed by atoms with Crippen molar-refractivity contribution in [3.8, 4) is 0 Å². The molecule has 2 rings (SSSR count). The maximum absolute atomic E-state index is 12.7. The average molecular weight is 316 g/mol. The summed E-state index contributed by atoms with van der Waals surface area (Å²) in [7, 11) is 1.41. The van der Waals surface area contributed by atoms with Crippen LogP contribution in [0.15, 0.2) is 24.3 Å². The van der Waals surface area contributed by atoms with E-state index in [4.69, 9.17) is 4.74 Å². The lowest BCUT2D eigenvalue weighted by molar-refractivity contribution is -0.137. The number of methoxy groups -OCH3 is 1. The Labute approximate surface area is 125 Å². The van der Waals surface area contributed by atoms with Crippen molar-refractivity contribution >= 4 is 17.5 Å². The number of alkyl halides is 3. The molecule has 1 fully saturated rings. The predicted molar refractivity (Wildman–Crippen MR) is 71.9 cm³/mol. The van der Waals surface area contributed by atoms with Crippen LogP contribution in [-0.2, 0) is 20.5 Å². The van der Waals surface area contributed by atoms with Crippen LogP contribution in [0.3, 0.4) is 0 Å². The summed E-state index contributed by atoms with van der Waals surface area (Å²) in [6.07, 6.45) is -4.51. The van der Waals surface area contributed by atoms with E-state index in [0.717, 1.165) is 12.1 Å². The van der Waals surface area contributed by atoms with Gasteiger partial charge in [0.15, 0.2) is 0 Å². The van der Waals surface area contributed by atoms with Gasteiger partial charge in [0.2, 0.25) is 11.8 Å². The zero-order chi connectivity index (χ0) is 16.3. The van der Waals surface area contributed by atoms with Crippen LogP contribution in [0.1, 0.15) is 12.0 Å². The van der Waals surface area contributed by atoms with Gasteiger partial charge in [-0.2, -0.15) is 13.2 Å². The molecule has 2 amide bonds. The van der Waals surface area contributed by atoms with Crippen LogP contribution in [-0.4, -0.2) is 32.2 Å². The molecular weight excluding hydrogens is 301 g/mol. The van der Waals surface area contributed by atoms with Crippen molar-refractivity contribution in [3.05, 3.63) is 29.8 Å². The highest BCUT2D eigenvalue weighted by atomic mass is 19.4. The molecule has 1 unspecified atom stereocenters. The summed E-state index contributed by atoms with van der Waals surface area (Å²) in [5.74, 6) is -1.33. The number of nitrogens with zero attached hydrogens (tertiary/aromatic N) is 1. The Hall–Kier alpha value is -2.09. The number of halogens is 3. The van der Waals surface area contributed by atoms with E-state index in [2.05, 4.69) is 5.32 Å². The highest BCUT2D eigenvalue weighted by Gasteiger charge is 2.36. The molecule has 1 aliphatic rings. The monoisotopic (exact) mass is 316 g/mol. The van der Waals surface area contributed by atoms with Crippen LogP contribution in [0.2, 0.25) is 0 Å². The smallest absolute Gasteiger partial charge is 0.364 e. The van der Waals surface area contributed by atoms with Crippen molar-refractivity contribution in [1.82, 2.24) is 5.32 Å². The van der Waals surface area contributed by atoms with E-state index < -0.39 is 17.7 Å². The lowest BCUT2D eigenvalue weighted by Gasteiger charge is -2.18. The van der Waals surface area contributed by atoms with Gasteiger partial charge in [0.1, 0.15) is 6.73 Å². The van der Waals surface area contributed by atoms with Crippen LogP contribution in [0.4, 0.5) is 18.9 Å². The molecule has 0 aromatic heterocycles. The van der Waals surface area contributed by atoms with Gasteiger partial charge >= 0.3 is 6.18 Å². The van der Waals surface area contributed by atoms with Crippen LogP contribution in [0.25, 0.3) is 0 Å². The summed E-state index contributed by atoms with van der Waals surface area (Å²) in [5, 5.41) is 2.48. The van der Waals surface area contributed by atoms with E-state index in [0.29, 0.717) is 0 Å². The number of hydrogen-bond acceptors (Lipinski definition) is 3. The fourth-order valence-corrected chi connectivity index (χ4v) is 2.27. The molecule has 1 aliphatic heterocycles. The van der Waals surface area contributed by atoms with Crippen LogP contribution in [0.5, 0.6) is 0 Å². The first-order valence-electron chi connectivity index (χ1n) is 6.57. The summed E-state index contributed by atoms with van der Waals surface area (Å²) in [4.78, 5) is 25.0. The van der Waals surface area contributed by atoms with E-state index in [-0.39, 0.29) is 37.2 Å². The summed E-state index contributed by atoms with van der Waals surface area (Å²) >= 11 is 0. The Morgan fingerprint density at radius 2 is 2.18 bits per heavy atom. The number of anilines is 1. The molecular formula is C14H15F3N2O3. The summed E-state index contributed by atoms with van der Waals surface area (Å²) in [6, 6.07) is 4.51. The van der Waals surface area contributed by atoms with Gasteiger partial charge in [-0.05, 0) is 18.2 Å². The fourth-order valence-electron chi connectivity index (χ4n) is 2.27. The second-order valence-electron chi connectivity index (χ2n) is 4.93. The predicted octanol–water partition coefficient (Wildman–Crippen LogP) is 1.78. The first-order chi connectivity index (χ1) is 10.3. The molecule has 22 heavy (non-hydrogen) atoms. The zero-order valence-electron chi connectivity index (χ0n) is 11.8. The van der Waals surface area contributed by atoms with Crippen molar-refractivity contribution in [1.29, 1.82) is 0 Å². The van der Waals surface area contributed by atoms with Gasteiger partial charge in [-0.25, -0.2) is 0 Å². The summed E-state index contributed by atoms with van der Waals surface area (Å²) in [6.45, 7) is 0.0722. The van der Waals surface area contributed by atoms with Gasteiger partial charge in [0, 0.05) is 25.8 Å². The molecule has 1 saturated heterocycles. The van der Waals surface area contributed by atoms with Gasteiger partial charge < -0.3 is 15.0 Å². The Bertz CT molecular complexity index is 575. The molecule has 0 aliphatic carbocycles. The van der Waals surface area contributed by atoms with E-state index in [1.165, 1.54) is 24.1 Å². The third-order valence-electron chi connectivity index (χ3n) is 3.37. The largest absolute Gasteiger partial charge is 0.416 e. The van der Waals surface area contributed by atoms with Gasteiger partial charge in [-0.15, -0.1) is 0 Å². The molecule has 1 aromatic rings. The molecule has 120 valence electrons. The molecule has 1 N–H and O–H groups in total. The summed E-state index contributed by atoms with van der Waals surface area (Å²) in [5.41, 5.74) is -0.688. The molecule has 0 saturated carbocycles. The van der Waals surface area contributed by atoms with Crippen molar-refractivity contribution in [3.63, 3.8) is 0 Å². The number of carbonyl (C=O) groups excluding carboxylic acids is 2. The Kier molecular flexibility index (Phi) is 4.70.